The average molecular weight is 385 g/mol. The highest BCUT2D eigenvalue weighted by molar-refractivity contribution is 6.30. The fourth-order valence-corrected chi connectivity index (χ4v) is 1.76. The van der Waals surface area contributed by atoms with E-state index in [1.165, 1.54) is 0 Å². The lowest BCUT2D eigenvalue weighted by Crippen LogP contribution is -2.23. The van der Waals surface area contributed by atoms with Crippen LogP contribution in [0.2, 0.25) is 5.02 Å². The summed E-state index contributed by atoms with van der Waals surface area (Å²) in [6.45, 7) is 1.49. The Hall–Kier alpha value is -2.09. The molecule has 0 atom stereocenters. The van der Waals surface area contributed by atoms with Crippen LogP contribution in [0.15, 0.2) is 36.1 Å². The first-order valence-electron chi connectivity index (χ1n) is 8.06. The quantitative estimate of drug-likeness (QED) is 0.346. The van der Waals surface area contributed by atoms with Crippen LogP contribution in [0.5, 0.6) is 5.75 Å². The molecule has 0 saturated carbocycles. The van der Waals surface area contributed by atoms with Gasteiger partial charge in [-0.25, -0.2) is 9.59 Å². The highest BCUT2D eigenvalue weighted by Crippen LogP contribution is 2.18. The molecule has 0 N–H and O–H groups in total. The van der Waals surface area contributed by atoms with Gasteiger partial charge in [0.25, 0.3) is 0 Å². The van der Waals surface area contributed by atoms with Crippen molar-refractivity contribution in [3.8, 4) is 5.75 Å². The van der Waals surface area contributed by atoms with Crippen molar-refractivity contribution >= 4 is 23.5 Å². The van der Waals surface area contributed by atoms with E-state index in [0.29, 0.717) is 23.9 Å². The van der Waals surface area contributed by atoms with Gasteiger partial charge in [0.05, 0.1) is 6.08 Å². The third kappa shape index (κ3) is 9.41. The minimum atomic E-state index is -0.744. The molecule has 7 nitrogen and oxygen atoms in total. The summed E-state index contributed by atoms with van der Waals surface area (Å²) in [5.41, 5.74) is 0. The molecule has 0 unspecified atom stereocenters. The number of likely N-dealkylation sites (N-methyl/N-ethyl adjacent to an activating group) is 2. The molecule has 0 heterocycles. The molecule has 0 saturated heterocycles. The van der Waals surface area contributed by atoms with Crippen molar-refractivity contribution < 1.29 is 23.8 Å². The summed E-state index contributed by atoms with van der Waals surface area (Å²) < 4.78 is 15.7. The molecule has 0 aliphatic carbocycles. The molecule has 1 rings (SSSR count). The molecule has 8 heteroatoms. The first-order valence-corrected chi connectivity index (χ1v) is 8.44. The number of nitrogens with zero attached hydrogens (tertiary/aromatic N) is 2. The minimum Gasteiger partial charge on any atom is -0.461 e. The second-order valence-corrected chi connectivity index (χ2v) is 6.41. The van der Waals surface area contributed by atoms with E-state index in [9.17, 15) is 9.59 Å². The number of hydrogen-bond acceptors (Lipinski definition) is 7. The lowest BCUT2D eigenvalue weighted by molar-refractivity contribution is -0.143. The molecule has 1 aromatic carbocycles. The molecule has 0 bridgehead atoms. The molecule has 26 heavy (non-hydrogen) atoms. The predicted octanol–water partition coefficient (Wildman–Crippen LogP) is 1.81. The first kappa shape index (κ1) is 22.0. The summed E-state index contributed by atoms with van der Waals surface area (Å²) in [4.78, 5) is 27.9. The number of carbonyl (C=O) groups excluding carboxylic acids is 2. The zero-order valence-corrected chi connectivity index (χ0v) is 16.3. The van der Waals surface area contributed by atoms with Crippen LogP contribution >= 0.6 is 11.6 Å². The molecule has 0 aromatic heterocycles. The third-order valence-corrected chi connectivity index (χ3v) is 3.30. The molecule has 1 aromatic rings. The molecule has 0 radical (unpaired) electrons. The van der Waals surface area contributed by atoms with Crippen LogP contribution < -0.4 is 4.74 Å². The van der Waals surface area contributed by atoms with Crippen molar-refractivity contribution in [2.24, 2.45) is 0 Å². The van der Waals surface area contributed by atoms with Gasteiger partial charge in [-0.3, -0.25) is 0 Å². The Labute approximate surface area is 159 Å². The molecule has 0 fully saturated rings. The lowest BCUT2D eigenvalue weighted by atomic mass is 10.3. The molecule has 0 amide bonds. The van der Waals surface area contributed by atoms with Crippen molar-refractivity contribution in [1.82, 2.24) is 9.80 Å². The Bertz CT molecular complexity index is 615. The Kier molecular flexibility index (Phi) is 9.72. The SMILES string of the molecule is CN(C)CCOC(=O)C=C(Oc1ccc(Cl)cc1)C(=O)OCCN(C)C. The van der Waals surface area contributed by atoms with Crippen molar-refractivity contribution in [3.63, 3.8) is 0 Å². The number of benzene rings is 1. The standard InChI is InChI=1S/C18H25ClN2O5/c1-20(2)9-11-24-17(22)13-16(18(23)25-12-10-21(3)4)26-15-7-5-14(19)6-8-15/h5-8,13H,9-12H2,1-4H3. The zero-order chi connectivity index (χ0) is 19.5. The van der Waals surface area contributed by atoms with E-state index in [2.05, 4.69) is 0 Å². The monoisotopic (exact) mass is 384 g/mol. The summed E-state index contributed by atoms with van der Waals surface area (Å²) in [5, 5.41) is 0.527. The average Bonchev–Trinajstić information content (AvgIpc) is 2.55. The van der Waals surface area contributed by atoms with E-state index in [1.807, 2.05) is 38.0 Å². The topological polar surface area (TPSA) is 68.3 Å². The fraction of sp³-hybridized carbons (Fsp3) is 0.444. The first-order chi connectivity index (χ1) is 12.3. The number of halogens is 1. The Balaban J connectivity index is 2.78. The highest BCUT2D eigenvalue weighted by atomic mass is 35.5. The van der Waals surface area contributed by atoms with E-state index in [4.69, 9.17) is 25.8 Å². The molecule has 0 aliphatic heterocycles. The van der Waals surface area contributed by atoms with Crippen LogP contribution in [0, 0.1) is 0 Å². The van der Waals surface area contributed by atoms with Gasteiger partial charge in [-0.2, -0.15) is 0 Å². The number of hydrogen-bond donors (Lipinski definition) is 0. The number of ether oxygens (including phenoxy) is 3. The van der Waals surface area contributed by atoms with E-state index < -0.39 is 11.9 Å². The van der Waals surface area contributed by atoms with Gasteiger partial charge in [0.1, 0.15) is 19.0 Å². The smallest absolute Gasteiger partial charge is 0.374 e. The van der Waals surface area contributed by atoms with Crippen LogP contribution in [0.3, 0.4) is 0 Å². The largest absolute Gasteiger partial charge is 0.461 e. The second-order valence-electron chi connectivity index (χ2n) is 5.97. The summed E-state index contributed by atoms with van der Waals surface area (Å²) in [5.74, 6) is -1.32. The van der Waals surface area contributed by atoms with Crippen molar-refractivity contribution in [2.45, 2.75) is 0 Å². The van der Waals surface area contributed by atoms with E-state index in [1.54, 1.807) is 24.3 Å². The van der Waals surface area contributed by atoms with Crippen molar-refractivity contribution in [3.05, 3.63) is 41.1 Å². The predicted molar refractivity (Wildman–Crippen MR) is 99.2 cm³/mol. The minimum absolute atomic E-state index is 0.169. The Morgan fingerprint density at radius 1 is 0.962 bits per heavy atom. The maximum absolute atomic E-state index is 12.2. The zero-order valence-electron chi connectivity index (χ0n) is 15.5. The molecular formula is C18H25ClN2O5. The van der Waals surface area contributed by atoms with Gasteiger partial charge < -0.3 is 24.0 Å². The third-order valence-electron chi connectivity index (χ3n) is 3.05. The second kappa shape index (κ2) is 11.5. The maximum atomic E-state index is 12.2. The van der Waals surface area contributed by atoms with Crippen LogP contribution in [0.4, 0.5) is 0 Å². The van der Waals surface area contributed by atoms with Crippen LogP contribution in [-0.2, 0) is 19.1 Å². The summed E-state index contributed by atoms with van der Waals surface area (Å²) >= 11 is 5.83. The van der Waals surface area contributed by atoms with Crippen LogP contribution in [-0.4, -0.2) is 76.2 Å². The van der Waals surface area contributed by atoms with Crippen LogP contribution in [0.1, 0.15) is 0 Å². The normalized spacial score (nSPS) is 11.6. The van der Waals surface area contributed by atoms with Gasteiger partial charge in [-0.15, -0.1) is 0 Å². The summed E-state index contributed by atoms with van der Waals surface area (Å²) in [7, 11) is 7.44. The number of rotatable bonds is 10. The molecule has 0 spiro atoms. The lowest BCUT2D eigenvalue weighted by Gasteiger charge is -2.13. The van der Waals surface area contributed by atoms with Crippen molar-refractivity contribution in [1.29, 1.82) is 0 Å². The number of esters is 2. The van der Waals surface area contributed by atoms with E-state index in [0.717, 1.165) is 6.08 Å². The fourth-order valence-electron chi connectivity index (χ4n) is 1.63. The van der Waals surface area contributed by atoms with Gasteiger partial charge in [-0.05, 0) is 52.5 Å². The summed E-state index contributed by atoms with van der Waals surface area (Å²) in [6.07, 6.45) is 0.988. The summed E-state index contributed by atoms with van der Waals surface area (Å²) in [6, 6.07) is 6.39. The van der Waals surface area contributed by atoms with Gasteiger partial charge in [0.2, 0.25) is 5.76 Å². The van der Waals surface area contributed by atoms with Gasteiger partial charge in [0, 0.05) is 18.1 Å². The maximum Gasteiger partial charge on any atom is 0.374 e. The van der Waals surface area contributed by atoms with Crippen molar-refractivity contribution in [2.75, 3.05) is 54.5 Å². The molecule has 0 aliphatic rings. The number of carbonyl (C=O) groups is 2. The molecular weight excluding hydrogens is 360 g/mol. The Morgan fingerprint density at radius 2 is 1.50 bits per heavy atom. The van der Waals surface area contributed by atoms with Gasteiger partial charge in [0.15, 0.2) is 0 Å². The highest BCUT2D eigenvalue weighted by Gasteiger charge is 2.17. The molecule has 144 valence electrons. The Morgan fingerprint density at radius 3 is 2.04 bits per heavy atom. The van der Waals surface area contributed by atoms with Gasteiger partial charge >= 0.3 is 11.9 Å². The van der Waals surface area contributed by atoms with E-state index >= 15 is 0 Å². The van der Waals surface area contributed by atoms with Gasteiger partial charge in [-0.1, -0.05) is 11.6 Å². The van der Waals surface area contributed by atoms with Crippen LogP contribution in [0.25, 0.3) is 0 Å². The van der Waals surface area contributed by atoms with E-state index in [-0.39, 0.29) is 19.0 Å².